The Morgan fingerprint density at radius 3 is 2.68 bits per heavy atom. The Kier molecular flexibility index (Phi) is 3.12. The van der Waals surface area contributed by atoms with Crippen molar-refractivity contribution >= 4 is 17.8 Å². The van der Waals surface area contributed by atoms with Crippen LogP contribution in [0.3, 0.4) is 0 Å². The molecule has 0 radical (unpaired) electrons. The van der Waals surface area contributed by atoms with Gasteiger partial charge in [-0.15, -0.1) is 0 Å². The van der Waals surface area contributed by atoms with Crippen LogP contribution in [-0.2, 0) is 19.1 Å². The fourth-order valence-electron chi connectivity index (χ4n) is 3.05. The molecular weight excluding hydrogens is 250 g/mol. The van der Waals surface area contributed by atoms with E-state index in [9.17, 15) is 19.5 Å². The second-order valence-electron chi connectivity index (χ2n) is 5.35. The molecule has 0 aromatic rings. The monoisotopic (exact) mass is 267 g/mol. The van der Waals surface area contributed by atoms with Crippen LogP contribution < -0.4 is 0 Å². The number of rotatable bonds is 3. The first-order valence-electron chi connectivity index (χ1n) is 6.17. The number of ether oxygens (including phenoxy) is 1. The summed E-state index contributed by atoms with van der Waals surface area (Å²) in [6, 6.07) is -1.10. The Labute approximate surface area is 111 Å². The van der Waals surface area contributed by atoms with E-state index in [-0.39, 0.29) is 18.6 Å². The van der Waals surface area contributed by atoms with Gasteiger partial charge in [-0.3, -0.25) is 9.59 Å². The number of hydrogen-bond donors (Lipinski definition) is 1. The van der Waals surface area contributed by atoms with Crippen molar-refractivity contribution in [2.75, 3.05) is 6.61 Å². The molecule has 0 aliphatic carbocycles. The summed E-state index contributed by atoms with van der Waals surface area (Å²) in [6.45, 7) is 4.80. The highest BCUT2D eigenvalue weighted by atomic mass is 16.5. The highest BCUT2D eigenvalue weighted by Crippen LogP contribution is 2.49. The minimum absolute atomic E-state index is 0.0105. The van der Waals surface area contributed by atoms with Crippen LogP contribution in [0.25, 0.3) is 0 Å². The maximum absolute atomic E-state index is 11.9. The maximum atomic E-state index is 11.9. The normalized spacial score (nSPS) is 35.0. The van der Waals surface area contributed by atoms with Crippen molar-refractivity contribution < 1.29 is 24.2 Å². The standard InChI is InChI=1S/C13H17NO5/c1-4-8-9-5-13(3,6-19-7(2)15)10(12(17)18)14(9)11(8)16/h4,9-10H,5-6H2,1-3H3,(H,17,18)/b8-4+/t9?,10-,13-/m0/s1. The van der Waals surface area contributed by atoms with Crippen LogP contribution in [0, 0.1) is 5.41 Å². The summed E-state index contributed by atoms with van der Waals surface area (Å²) >= 11 is 0. The molecule has 2 fully saturated rings. The van der Waals surface area contributed by atoms with Gasteiger partial charge in [-0.05, 0) is 13.3 Å². The molecule has 2 aliphatic rings. The topological polar surface area (TPSA) is 83.9 Å². The summed E-state index contributed by atoms with van der Waals surface area (Å²) in [7, 11) is 0. The number of esters is 1. The van der Waals surface area contributed by atoms with Gasteiger partial charge in [-0.2, -0.15) is 0 Å². The zero-order valence-electron chi connectivity index (χ0n) is 11.2. The highest BCUT2D eigenvalue weighted by Gasteiger charge is 2.62. The third-order valence-electron chi connectivity index (χ3n) is 3.92. The molecule has 0 aromatic heterocycles. The van der Waals surface area contributed by atoms with E-state index in [0.717, 1.165) is 0 Å². The van der Waals surface area contributed by atoms with Crippen LogP contribution in [0.5, 0.6) is 0 Å². The van der Waals surface area contributed by atoms with Crippen LogP contribution >= 0.6 is 0 Å². The average Bonchev–Trinajstić information content (AvgIpc) is 2.58. The van der Waals surface area contributed by atoms with Crippen molar-refractivity contribution in [3.05, 3.63) is 11.6 Å². The molecule has 6 heteroatoms. The minimum atomic E-state index is -1.05. The summed E-state index contributed by atoms with van der Waals surface area (Å²) in [6.07, 6.45) is 2.22. The van der Waals surface area contributed by atoms with Gasteiger partial charge in [0.2, 0.25) is 0 Å². The van der Waals surface area contributed by atoms with Crippen LogP contribution in [0.1, 0.15) is 27.2 Å². The average molecular weight is 267 g/mol. The van der Waals surface area contributed by atoms with Crippen LogP contribution in [0.15, 0.2) is 11.6 Å². The van der Waals surface area contributed by atoms with E-state index in [4.69, 9.17) is 4.74 Å². The first kappa shape index (κ1) is 13.6. The SMILES string of the molecule is C/C=C1/C(=O)N2C1C[C@@](C)(COC(C)=O)[C@@H]2C(=O)O. The van der Waals surface area contributed by atoms with Crippen molar-refractivity contribution in [3.63, 3.8) is 0 Å². The van der Waals surface area contributed by atoms with Crippen LogP contribution in [0.4, 0.5) is 0 Å². The molecular formula is C13H17NO5. The van der Waals surface area contributed by atoms with Crippen LogP contribution in [0.2, 0.25) is 0 Å². The van der Waals surface area contributed by atoms with Gasteiger partial charge in [-0.25, -0.2) is 4.79 Å². The fourth-order valence-corrected chi connectivity index (χ4v) is 3.05. The van der Waals surface area contributed by atoms with Gasteiger partial charge in [0.05, 0.1) is 12.6 Å². The van der Waals surface area contributed by atoms with Gasteiger partial charge in [-0.1, -0.05) is 13.0 Å². The molecule has 104 valence electrons. The Hall–Kier alpha value is -1.85. The number of allylic oxidation sites excluding steroid dienone is 1. The maximum Gasteiger partial charge on any atom is 0.327 e. The molecule has 2 rings (SSSR count). The first-order chi connectivity index (χ1) is 8.81. The van der Waals surface area contributed by atoms with E-state index >= 15 is 0 Å². The number of amides is 1. The van der Waals surface area contributed by atoms with Gasteiger partial charge in [0.1, 0.15) is 6.04 Å². The summed E-state index contributed by atoms with van der Waals surface area (Å²) < 4.78 is 4.98. The molecule has 1 N–H and O–H groups in total. The van der Waals surface area contributed by atoms with Gasteiger partial charge >= 0.3 is 11.9 Å². The number of hydrogen-bond acceptors (Lipinski definition) is 4. The third kappa shape index (κ3) is 1.91. The highest BCUT2D eigenvalue weighted by molar-refractivity contribution is 6.05. The van der Waals surface area contributed by atoms with Crippen LogP contribution in [-0.4, -0.2) is 46.5 Å². The summed E-state index contributed by atoms with van der Waals surface area (Å²) in [4.78, 5) is 35.7. The van der Waals surface area contributed by atoms with Gasteiger partial charge in [0.15, 0.2) is 0 Å². The Morgan fingerprint density at radius 2 is 2.21 bits per heavy atom. The predicted molar refractivity (Wildman–Crippen MR) is 65.2 cm³/mol. The van der Waals surface area contributed by atoms with Crippen molar-refractivity contribution in [1.29, 1.82) is 0 Å². The van der Waals surface area contributed by atoms with E-state index in [0.29, 0.717) is 12.0 Å². The molecule has 0 bridgehead atoms. The molecule has 19 heavy (non-hydrogen) atoms. The smallest absolute Gasteiger partial charge is 0.327 e. The van der Waals surface area contributed by atoms with Gasteiger partial charge in [0, 0.05) is 17.9 Å². The molecule has 3 atom stereocenters. The van der Waals surface area contributed by atoms with Crippen molar-refractivity contribution in [2.45, 2.75) is 39.3 Å². The molecule has 0 aromatic carbocycles. The Balaban J connectivity index is 2.27. The van der Waals surface area contributed by atoms with E-state index in [2.05, 4.69) is 0 Å². The van der Waals surface area contributed by atoms with Crippen molar-refractivity contribution in [3.8, 4) is 0 Å². The zero-order valence-corrected chi connectivity index (χ0v) is 11.2. The number of β-lactam (4-membered cyclic amide) rings is 1. The Morgan fingerprint density at radius 1 is 1.58 bits per heavy atom. The summed E-state index contributed by atoms with van der Waals surface area (Å²) in [5.74, 6) is -1.73. The molecule has 0 spiro atoms. The van der Waals surface area contributed by atoms with E-state index < -0.39 is 23.4 Å². The fraction of sp³-hybridized carbons (Fsp3) is 0.615. The summed E-state index contributed by atoms with van der Waals surface area (Å²) in [5, 5.41) is 9.36. The largest absolute Gasteiger partial charge is 0.480 e. The molecule has 0 saturated carbocycles. The molecule has 2 heterocycles. The lowest BCUT2D eigenvalue weighted by molar-refractivity contribution is -0.158. The second kappa shape index (κ2) is 4.36. The van der Waals surface area contributed by atoms with E-state index in [1.165, 1.54) is 11.8 Å². The lowest BCUT2D eigenvalue weighted by Crippen LogP contribution is -2.58. The van der Waals surface area contributed by atoms with Crippen molar-refractivity contribution in [2.24, 2.45) is 5.41 Å². The quantitative estimate of drug-likeness (QED) is 0.459. The first-order valence-corrected chi connectivity index (χ1v) is 6.17. The molecule has 6 nitrogen and oxygen atoms in total. The van der Waals surface area contributed by atoms with Crippen molar-refractivity contribution in [1.82, 2.24) is 4.90 Å². The van der Waals surface area contributed by atoms with E-state index in [1.807, 2.05) is 0 Å². The number of fused-ring (bicyclic) bond motifs is 1. The zero-order chi connectivity index (χ0) is 14.4. The van der Waals surface area contributed by atoms with E-state index in [1.54, 1.807) is 19.9 Å². The number of aliphatic carboxylic acids is 1. The number of carbonyl (C=O) groups is 3. The number of carbonyl (C=O) groups excluding carboxylic acids is 2. The lowest BCUT2D eigenvalue weighted by Gasteiger charge is -2.40. The van der Waals surface area contributed by atoms with Gasteiger partial charge in [0.25, 0.3) is 5.91 Å². The molecule has 1 unspecified atom stereocenters. The third-order valence-corrected chi connectivity index (χ3v) is 3.92. The van der Waals surface area contributed by atoms with Gasteiger partial charge < -0.3 is 14.7 Å². The lowest BCUT2D eigenvalue weighted by atomic mass is 9.82. The molecule has 2 saturated heterocycles. The Bertz CT molecular complexity index is 483. The molecule has 1 amide bonds. The number of carboxylic acid groups (broad SMARTS) is 1. The summed E-state index contributed by atoms with van der Waals surface area (Å²) in [5.41, 5.74) is -0.0967. The second-order valence-corrected chi connectivity index (χ2v) is 5.35. The predicted octanol–water partition coefficient (Wildman–Crippen LogP) is 0.570. The number of nitrogens with zero attached hydrogens (tertiary/aromatic N) is 1. The minimum Gasteiger partial charge on any atom is -0.480 e. The molecule has 2 aliphatic heterocycles. The number of carboxylic acids is 1.